The van der Waals surface area contributed by atoms with Gasteiger partial charge in [-0.3, -0.25) is 4.79 Å². The number of hydrogen-bond acceptors (Lipinski definition) is 7. The second-order valence-electron chi connectivity index (χ2n) is 6.37. The molecule has 0 unspecified atom stereocenters. The Morgan fingerprint density at radius 2 is 2.03 bits per heavy atom. The number of anilines is 1. The van der Waals surface area contributed by atoms with Gasteiger partial charge in [-0.2, -0.15) is 0 Å². The van der Waals surface area contributed by atoms with Gasteiger partial charge in [0.15, 0.2) is 6.61 Å². The molecule has 1 N–H and O–H groups in total. The summed E-state index contributed by atoms with van der Waals surface area (Å²) in [6.45, 7) is 1.39. The number of carbonyl (C=O) groups is 3. The minimum atomic E-state index is -0.677. The first kappa shape index (κ1) is 19.8. The van der Waals surface area contributed by atoms with E-state index in [2.05, 4.69) is 5.32 Å². The van der Waals surface area contributed by atoms with Crippen molar-refractivity contribution in [2.75, 3.05) is 18.5 Å². The number of ether oxygens (including phenoxy) is 3. The van der Waals surface area contributed by atoms with Crippen LogP contribution in [0.1, 0.15) is 32.5 Å². The summed E-state index contributed by atoms with van der Waals surface area (Å²) in [6, 6.07) is 8.98. The van der Waals surface area contributed by atoms with Gasteiger partial charge in [0.25, 0.3) is 5.91 Å². The number of carbonyl (C=O) groups excluding carboxylic acids is 3. The molecule has 0 radical (unpaired) electrons. The number of benzene rings is 2. The van der Waals surface area contributed by atoms with Crippen molar-refractivity contribution < 1.29 is 33.0 Å². The molecule has 0 fully saturated rings. The van der Waals surface area contributed by atoms with Crippen LogP contribution in [0.3, 0.4) is 0 Å². The highest BCUT2D eigenvalue weighted by atomic mass is 32.1. The van der Waals surface area contributed by atoms with E-state index in [1.807, 2.05) is 0 Å². The number of fused-ring (bicyclic) bond motifs is 2. The number of rotatable bonds is 5. The van der Waals surface area contributed by atoms with E-state index in [0.29, 0.717) is 16.1 Å². The third-order valence-corrected chi connectivity index (χ3v) is 5.60. The quantitative estimate of drug-likeness (QED) is 0.619. The van der Waals surface area contributed by atoms with Crippen LogP contribution in [0, 0.1) is 5.82 Å². The molecule has 1 amide bonds. The molecule has 3 aromatic rings. The number of nitrogens with one attached hydrogen (secondary N) is 1. The second kappa shape index (κ2) is 8.11. The van der Waals surface area contributed by atoms with Crippen molar-refractivity contribution in [2.45, 2.75) is 13.5 Å². The van der Waals surface area contributed by atoms with Crippen LogP contribution in [-0.2, 0) is 20.9 Å². The lowest BCUT2D eigenvalue weighted by Gasteiger charge is -2.18. The number of hydrogen-bond donors (Lipinski definition) is 1. The van der Waals surface area contributed by atoms with Crippen molar-refractivity contribution in [2.24, 2.45) is 0 Å². The van der Waals surface area contributed by atoms with Gasteiger partial charge in [-0.1, -0.05) is 6.07 Å². The smallest absolute Gasteiger partial charge is 0.348 e. The van der Waals surface area contributed by atoms with E-state index in [0.717, 1.165) is 11.3 Å². The standard InChI is InChI=1S/C21H16FNO6S/c1-2-27-21(26)19-12(18-13(22)4-3-5-16(18)30-19)9-29-20(25)11-6-7-14-15(8-11)28-10-17(24)23-14/h3-8H,2,9-10H2,1H3,(H,23,24). The Morgan fingerprint density at radius 1 is 1.20 bits per heavy atom. The molecule has 4 rings (SSSR count). The first-order valence-corrected chi connectivity index (χ1v) is 9.90. The maximum atomic E-state index is 14.4. The van der Waals surface area contributed by atoms with Gasteiger partial charge in [0.05, 0.1) is 17.9 Å². The molecule has 1 aliphatic heterocycles. The molecular formula is C21H16FNO6S. The molecule has 1 aliphatic rings. The van der Waals surface area contributed by atoms with Crippen LogP contribution in [0.4, 0.5) is 10.1 Å². The zero-order valence-corrected chi connectivity index (χ0v) is 16.6. The van der Waals surface area contributed by atoms with Crippen molar-refractivity contribution in [3.8, 4) is 5.75 Å². The molecule has 7 nitrogen and oxygen atoms in total. The molecule has 1 aromatic heterocycles. The van der Waals surface area contributed by atoms with Crippen LogP contribution in [0.2, 0.25) is 0 Å². The highest BCUT2D eigenvalue weighted by Crippen LogP contribution is 2.35. The molecule has 2 heterocycles. The van der Waals surface area contributed by atoms with Gasteiger partial charge < -0.3 is 19.5 Å². The predicted molar refractivity (Wildman–Crippen MR) is 107 cm³/mol. The lowest BCUT2D eigenvalue weighted by Crippen LogP contribution is -2.25. The third-order valence-electron chi connectivity index (χ3n) is 4.42. The predicted octanol–water partition coefficient (Wildman–Crippen LogP) is 3.91. The van der Waals surface area contributed by atoms with E-state index < -0.39 is 17.8 Å². The minimum Gasteiger partial charge on any atom is -0.482 e. The van der Waals surface area contributed by atoms with Gasteiger partial charge in [-0.15, -0.1) is 11.3 Å². The summed E-state index contributed by atoms with van der Waals surface area (Å²) in [7, 11) is 0. The zero-order chi connectivity index (χ0) is 21.3. The highest BCUT2D eigenvalue weighted by Gasteiger charge is 2.24. The lowest BCUT2D eigenvalue weighted by atomic mass is 10.1. The molecule has 154 valence electrons. The number of amides is 1. The molecule has 30 heavy (non-hydrogen) atoms. The maximum Gasteiger partial charge on any atom is 0.348 e. The van der Waals surface area contributed by atoms with Gasteiger partial charge in [0.1, 0.15) is 23.1 Å². The number of esters is 2. The molecule has 0 atom stereocenters. The Balaban J connectivity index is 1.60. The van der Waals surface area contributed by atoms with Gasteiger partial charge >= 0.3 is 11.9 Å². The lowest BCUT2D eigenvalue weighted by molar-refractivity contribution is -0.118. The number of thiophene rings is 1. The summed E-state index contributed by atoms with van der Waals surface area (Å²) < 4.78 is 30.7. The molecule has 0 saturated heterocycles. The maximum absolute atomic E-state index is 14.4. The monoisotopic (exact) mass is 429 g/mol. The van der Waals surface area contributed by atoms with Crippen LogP contribution in [0.25, 0.3) is 10.1 Å². The van der Waals surface area contributed by atoms with Gasteiger partial charge in [0.2, 0.25) is 0 Å². The summed E-state index contributed by atoms with van der Waals surface area (Å²) in [5, 5.41) is 2.86. The van der Waals surface area contributed by atoms with E-state index in [-0.39, 0.29) is 47.1 Å². The normalized spacial score (nSPS) is 12.7. The van der Waals surface area contributed by atoms with Crippen LogP contribution < -0.4 is 10.1 Å². The fourth-order valence-electron chi connectivity index (χ4n) is 3.09. The average molecular weight is 429 g/mol. The molecular weight excluding hydrogens is 413 g/mol. The molecule has 0 bridgehead atoms. The SMILES string of the molecule is CCOC(=O)c1sc2cccc(F)c2c1COC(=O)c1ccc2c(c1)OCC(=O)N2. The van der Waals surface area contributed by atoms with Gasteiger partial charge in [-0.05, 0) is 37.3 Å². The van der Waals surface area contributed by atoms with Gasteiger partial charge in [0, 0.05) is 15.6 Å². The summed E-state index contributed by atoms with van der Waals surface area (Å²) in [5.74, 6) is -1.71. The van der Waals surface area contributed by atoms with E-state index in [9.17, 15) is 18.8 Å². The molecule has 9 heteroatoms. The Labute approximate surface area is 174 Å². The number of halogens is 1. The zero-order valence-electron chi connectivity index (χ0n) is 15.8. The van der Waals surface area contributed by atoms with Crippen LogP contribution in [-0.4, -0.2) is 31.1 Å². The van der Waals surface area contributed by atoms with E-state index in [4.69, 9.17) is 14.2 Å². The van der Waals surface area contributed by atoms with Crippen molar-refractivity contribution >= 4 is 45.0 Å². The summed E-state index contributed by atoms with van der Waals surface area (Å²) in [5.41, 5.74) is 0.919. The Kier molecular flexibility index (Phi) is 5.37. The Hall–Kier alpha value is -3.46. The van der Waals surface area contributed by atoms with Crippen molar-refractivity contribution in [1.82, 2.24) is 0 Å². The largest absolute Gasteiger partial charge is 0.482 e. The topological polar surface area (TPSA) is 90.9 Å². The van der Waals surface area contributed by atoms with Crippen molar-refractivity contribution in [1.29, 1.82) is 0 Å². The molecule has 0 saturated carbocycles. The molecule has 0 aliphatic carbocycles. The minimum absolute atomic E-state index is 0.144. The van der Waals surface area contributed by atoms with E-state index in [1.165, 1.54) is 24.3 Å². The fourth-order valence-corrected chi connectivity index (χ4v) is 4.20. The highest BCUT2D eigenvalue weighted by molar-refractivity contribution is 7.21. The van der Waals surface area contributed by atoms with E-state index >= 15 is 0 Å². The van der Waals surface area contributed by atoms with Crippen molar-refractivity contribution in [3.63, 3.8) is 0 Å². The summed E-state index contributed by atoms with van der Waals surface area (Å²) >= 11 is 1.09. The van der Waals surface area contributed by atoms with E-state index in [1.54, 1.807) is 19.1 Å². The fraction of sp³-hybridized carbons (Fsp3) is 0.190. The van der Waals surface area contributed by atoms with Crippen LogP contribution in [0.5, 0.6) is 5.75 Å². The first-order valence-electron chi connectivity index (χ1n) is 9.08. The van der Waals surface area contributed by atoms with Gasteiger partial charge in [-0.25, -0.2) is 14.0 Å². The Bertz CT molecular complexity index is 1170. The Morgan fingerprint density at radius 3 is 2.83 bits per heavy atom. The van der Waals surface area contributed by atoms with Crippen LogP contribution in [0.15, 0.2) is 36.4 Å². The third kappa shape index (κ3) is 3.71. The summed E-state index contributed by atoms with van der Waals surface area (Å²) in [4.78, 5) is 36.4. The molecule has 0 spiro atoms. The van der Waals surface area contributed by atoms with Crippen molar-refractivity contribution in [3.05, 3.63) is 58.2 Å². The second-order valence-corrected chi connectivity index (χ2v) is 7.42. The summed E-state index contributed by atoms with van der Waals surface area (Å²) in [6.07, 6.45) is 0. The average Bonchev–Trinajstić information content (AvgIpc) is 3.12. The van der Waals surface area contributed by atoms with Crippen LogP contribution >= 0.6 is 11.3 Å². The first-order chi connectivity index (χ1) is 14.5. The molecule has 2 aromatic carbocycles.